The van der Waals surface area contributed by atoms with Gasteiger partial charge in [-0.1, -0.05) is 12.1 Å². The number of pyridine rings is 1. The van der Waals surface area contributed by atoms with Crippen LogP contribution >= 0.6 is 0 Å². The lowest BCUT2D eigenvalue weighted by Crippen LogP contribution is -2.43. The molecule has 0 fully saturated rings. The van der Waals surface area contributed by atoms with E-state index in [1.165, 1.54) is 12.1 Å². The summed E-state index contributed by atoms with van der Waals surface area (Å²) in [6.45, 7) is -0.367. The molecular formula is C20H16F3N3O3S. The summed E-state index contributed by atoms with van der Waals surface area (Å²) in [4.78, 5) is 16.3. The van der Waals surface area contributed by atoms with Crippen molar-refractivity contribution in [3.63, 3.8) is 0 Å². The van der Waals surface area contributed by atoms with E-state index in [4.69, 9.17) is 0 Å². The van der Waals surface area contributed by atoms with Crippen LogP contribution < -0.4 is 4.72 Å². The molecule has 0 bridgehead atoms. The van der Waals surface area contributed by atoms with Gasteiger partial charge in [0.15, 0.2) is 0 Å². The van der Waals surface area contributed by atoms with Crippen molar-refractivity contribution in [3.8, 4) is 0 Å². The molecule has 0 unspecified atom stereocenters. The van der Waals surface area contributed by atoms with Crippen LogP contribution in [0, 0.1) is 0 Å². The van der Waals surface area contributed by atoms with Gasteiger partial charge in [0, 0.05) is 24.7 Å². The summed E-state index contributed by atoms with van der Waals surface area (Å²) >= 11 is 0. The highest BCUT2D eigenvalue weighted by atomic mass is 32.2. The first-order valence-corrected chi connectivity index (χ1v) is 10.5. The second kappa shape index (κ2) is 7.28. The molecule has 1 amide bonds. The van der Waals surface area contributed by atoms with E-state index in [9.17, 15) is 26.4 Å². The molecule has 30 heavy (non-hydrogen) atoms. The minimum absolute atomic E-state index is 0.0707. The van der Waals surface area contributed by atoms with E-state index < -0.39 is 22.1 Å². The van der Waals surface area contributed by atoms with Crippen molar-refractivity contribution in [2.24, 2.45) is 0 Å². The molecule has 0 saturated carbocycles. The number of anilines is 1. The van der Waals surface area contributed by atoms with Crippen molar-refractivity contribution >= 4 is 32.5 Å². The Hall–Kier alpha value is -3.14. The molecular weight excluding hydrogens is 419 g/mol. The van der Waals surface area contributed by atoms with Crippen LogP contribution in [-0.2, 0) is 27.8 Å². The Morgan fingerprint density at radius 1 is 1.07 bits per heavy atom. The topological polar surface area (TPSA) is 79.4 Å². The first-order chi connectivity index (χ1) is 14.1. The number of carbonyl (C=O) groups is 1. The average Bonchev–Trinajstić information content (AvgIpc) is 2.72. The van der Waals surface area contributed by atoms with E-state index in [2.05, 4.69) is 9.71 Å². The molecule has 1 N–H and O–H groups in total. The SMILES string of the molecule is O=C(N1CCc2ccc(S(=O)(=O)Nc3cccc4ncccc34)cc2C1)C(F)(F)F. The van der Waals surface area contributed by atoms with E-state index >= 15 is 0 Å². The molecule has 1 aromatic heterocycles. The summed E-state index contributed by atoms with van der Waals surface area (Å²) in [5.41, 5.74) is 2.05. The number of alkyl halides is 3. The predicted octanol–water partition coefficient (Wildman–Crippen LogP) is 3.48. The van der Waals surface area contributed by atoms with Crippen LogP contribution in [0.3, 0.4) is 0 Å². The lowest BCUT2D eigenvalue weighted by Gasteiger charge is -2.29. The number of aromatic nitrogens is 1. The van der Waals surface area contributed by atoms with Gasteiger partial charge in [0.1, 0.15) is 0 Å². The molecule has 0 radical (unpaired) electrons. The number of rotatable bonds is 3. The zero-order chi connectivity index (χ0) is 21.5. The fourth-order valence-corrected chi connectivity index (χ4v) is 4.58. The highest BCUT2D eigenvalue weighted by Gasteiger charge is 2.43. The summed E-state index contributed by atoms with van der Waals surface area (Å²) < 4.78 is 66.6. The van der Waals surface area contributed by atoms with E-state index in [0.717, 1.165) is 5.56 Å². The molecule has 0 atom stereocenters. The van der Waals surface area contributed by atoms with Crippen molar-refractivity contribution < 1.29 is 26.4 Å². The quantitative estimate of drug-likeness (QED) is 0.683. The molecule has 0 aliphatic carbocycles. The van der Waals surface area contributed by atoms with Gasteiger partial charge in [-0.2, -0.15) is 13.2 Å². The number of fused-ring (bicyclic) bond motifs is 2. The highest BCUT2D eigenvalue weighted by Crippen LogP contribution is 2.28. The third kappa shape index (κ3) is 3.82. The van der Waals surface area contributed by atoms with Crippen LogP contribution in [0.15, 0.2) is 59.6 Å². The van der Waals surface area contributed by atoms with Crippen LogP contribution in [0.2, 0.25) is 0 Å². The predicted molar refractivity (Wildman–Crippen MR) is 104 cm³/mol. The van der Waals surface area contributed by atoms with Crippen molar-refractivity contribution in [2.45, 2.75) is 24.0 Å². The summed E-state index contributed by atoms with van der Waals surface area (Å²) in [6, 6.07) is 12.7. The van der Waals surface area contributed by atoms with Gasteiger partial charge in [0.05, 0.1) is 16.1 Å². The monoisotopic (exact) mass is 435 g/mol. The van der Waals surface area contributed by atoms with Crippen molar-refractivity contribution in [2.75, 3.05) is 11.3 Å². The van der Waals surface area contributed by atoms with Crippen molar-refractivity contribution in [3.05, 3.63) is 65.9 Å². The Balaban J connectivity index is 1.64. The van der Waals surface area contributed by atoms with Crippen LogP contribution in [0.5, 0.6) is 0 Å². The molecule has 1 aliphatic heterocycles. The second-order valence-electron chi connectivity index (χ2n) is 6.89. The number of nitrogens with one attached hydrogen (secondary N) is 1. The molecule has 10 heteroatoms. The zero-order valence-corrected chi connectivity index (χ0v) is 16.3. The number of benzene rings is 2. The van der Waals surface area contributed by atoms with Gasteiger partial charge in [0.2, 0.25) is 0 Å². The summed E-state index contributed by atoms with van der Waals surface area (Å²) in [5, 5.41) is 0.614. The third-order valence-electron chi connectivity index (χ3n) is 4.92. The molecule has 3 aromatic rings. The highest BCUT2D eigenvalue weighted by molar-refractivity contribution is 7.92. The largest absolute Gasteiger partial charge is 0.471 e. The van der Waals surface area contributed by atoms with Crippen molar-refractivity contribution in [1.29, 1.82) is 0 Å². The first kappa shape index (κ1) is 20.1. The van der Waals surface area contributed by atoms with E-state index in [1.54, 1.807) is 42.6 Å². The van der Waals surface area contributed by atoms with Gasteiger partial charge in [-0.15, -0.1) is 0 Å². The Morgan fingerprint density at radius 3 is 2.63 bits per heavy atom. The second-order valence-corrected chi connectivity index (χ2v) is 8.57. The van der Waals surface area contributed by atoms with Gasteiger partial charge in [-0.3, -0.25) is 14.5 Å². The lowest BCUT2D eigenvalue weighted by atomic mass is 10.00. The summed E-state index contributed by atoms with van der Waals surface area (Å²) in [7, 11) is -4.01. The lowest BCUT2D eigenvalue weighted by molar-refractivity contribution is -0.186. The smallest absolute Gasteiger partial charge is 0.330 e. The Kier molecular flexibility index (Phi) is 4.89. The minimum Gasteiger partial charge on any atom is -0.330 e. The standard InChI is InChI=1S/C20H16F3N3O3S/c21-20(22,23)19(27)26-10-8-13-6-7-15(11-14(13)12-26)30(28,29)25-18-5-1-4-17-16(18)3-2-9-24-17/h1-7,9,11,25H,8,10,12H2. The fraction of sp³-hybridized carbons (Fsp3) is 0.200. The first-order valence-electron chi connectivity index (χ1n) is 9.00. The number of sulfonamides is 1. The maximum Gasteiger partial charge on any atom is 0.471 e. The van der Waals surface area contributed by atoms with E-state index in [1.807, 2.05) is 0 Å². The molecule has 0 spiro atoms. The summed E-state index contributed by atoms with van der Waals surface area (Å²) in [6.07, 6.45) is -3.15. The maximum absolute atomic E-state index is 12.9. The molecule has 156 valence electrons. The number of halogens is 3. The van der Waals surface area contributed by atoms with Crippen LogP contribution in [0.25, 0.3) is 10.9 Å². The third-order valence-corrected chi connectivity index (χ3v) is 6.28. The number of amides is 1. The molecule has 4 rings (SSSR count). The van der Waals surface area contributed by atoms with Gasteiger partial charge in [-0.25, -0.2) is 8.42 Å². The summed E-state index contributed by atoms with van der Waals surface area (Å²) in [5.74, 6) is -1.93. The van der Waals surface area contributed by atoms with Crippen LogP contribution in [0.4, 0.5) is 18.9 Å². The minimum atomic E-state index is -4.97. The number of hydrogen-bond donors (Lipinski definition) is 1. The van der Waals surface area contributed by atoms with Crippen molar-refractivity contribution in [1.82, 2.24) is 9.88 Å². The Morgan fingerprint density at radius 2 is 1.87 bits per heavy atom. The average molecular weight is 435 g/mol. The van der Waals surface area contributed by atoms with Gasteiger partial charge >= 0.3 is 12.1 Å². The van der Waals surface area contributed by atoms with Gasteiger partial charge in [0.25, 0.3) is 10.0 Å². The molecule has 2 aromatic carbocycles. The Bertz CT molecular complexity index is 1240. The van der Waals surface area contributed by atoms with Gasteiger partial charge in [-0.05, 0) is 53.9 Å². The normalized spacial score (nSPS) is 14.4. The molecule has 6 nitrogen and oxygen atoms in total. The van der Waals surface area contributed by atoms with Crippen LogP contribution in [-0.4, -0.2) is 36.9 Å². The number of hydrogen-bond acceptors (Lipinski definition) is 4. The van der Waals surface area contributed by atoms with E-state index in [-0.39, 0.29) is 24.4 Å². The molecule has 1 aliphatic rings. The van der Waals surface area contributed by atoms with Gasteiger partial charge < -0.3 is 4.90 Å². The molecule has 0 saturated heterocycles. The number of nitrogens with zero attached hydrogens (tertiary/aromatic N) is 2. The van der Waals surface area contributed by atoms with Crippen LogP contribution in [0.1, 0.15) is 11.1 Å². The van der Waals surface area contributed by atoms with E-state index in [0.29, 0.717) is 27.1 Å². The molecule has 2 heterocycles. The zero-order valence-electron chi connectivity index (χ0n) is 15.5. The maximum atomic E-state index is 12.9. The Labute approximate surface area is 170 Å². The fourth-order valence-electron chi connectivity index (χ4n) is 3.45. The number of carbonyl (C=O) groups excluding carboxylic acids is 1.